The van der Waals surface area contributed by atoms with Gasteiger partial charge in [0.05, 0.1) is 6.20 Å². The van der Waals surface area contributed by atoms with Crippen LogP contribution in [0.2, 0.25) is 5.28 Å². The van der Waals surface area contributed by atoms with Crippen molar-refractivity contribution in [2.75, 3.05) is 10.6 Å². The van der Waals surface area contributed by atoms with Crippen molar-refractivity contribution in [2.24, 2.45) is 0 Å². The summed E-state index contributed by atoms with van der Waals surface area (Å²) >= 11 is 6.98. The van der Waals surface area contributed by atoms with Crippen LogP contribution in [0.3, 0.4) is 0 Å². The lowest BCUT2D eigenvalue weighted by Crippen LogP contribution is -2.12. The van der Waals surface area contributed by atoms with Crippen molar-refractivity contribution in [3.05, 3.63) is 57.9 Å². The van der Waals surface area contributed by atoms with Crippen LogP contribution in [0.25, 0.3) is 0 Å². The molecule has 0 aliphatic heterocycles. The third kappa shape index (κ3) is 3.69. The topological polar surface area (TPSA) is 79.8 Å². The summed E-state index contributed by atoms with van der Waals surface area (Å²) < 4.78 is 0. The van der Waals surface area contributed by atoms with Gasteiger partial charge in [0.2, 0.25) is 5.28 Å². The summed E-state index contributed by atoms with van der Waals surface area (Å²) in [5.41, 5.74) is 2.86. The van der Waals surface area contributed by atoms with E-state index in [1.807, 2.05) is 32.0 Å². The van der Waals surface area contributed by atoms with Crippen molar-refractivity contribution in [2.45, 2.75) is 13.8 Å². The molecule has 0 aliphatic rings. The molecule has 0 saturated carbocycles. The predicted octanol–water partition coefficient (Wildman–Crippen LogP) is 4.20. The van der Waals surface area contributed by atoms with Gasteiger partial charge in [-0.2, -0.15) is 0 Å². The summed E-state index contributed by atoms with van der Waals surface area (Å²) in [6.07, 6.45) is 3.07. The number of hydrogen-bond acceptors (Lipinski definition) is 6. The van der Waals surface area contributed by atoms with Gasteiger partial charge in [0.1, 0.15) is 10.7 Å². The second kappa shape index (κ2) is 6.94. The Morgan fingerprint density at radius 2 is 1.92 bits per heavy atom. The maximum absolute atomic E-state index is 12.4. The van der Waals surface area contributed by atoms with Gasteiger partial charge in [-0.05, 0) is 42.6 Å². The molecular weight excluding hydrogens is 346 g/mol. The standard InChI is InChI=1S/C16H14ClN5OS/c1-9-4-3-5-10(2)13(9)22-14(23)11-8-19-16(24-11)21-12-6-7-18-15(17)20-12/h3-8H,1-2H3,(H,22,23)(H,18,19,20,21). The maximum Gasteiger partial charge on any atom is 0.267 e. The summed E-state index contributed by atoms with van der Waals surface area (Å²) in [6, 6.07) is 7.55. The number of anilines is 3. The van der Waals surface area contributed by atoms with Crippen LogP contribution < -0.4 is 10.6 Å². The molecule has 0 bridgehead atoms. The quantitative estimate of drug-likeness (QED) is 0.682. The predicted molar refractivity (Wildman–Crippen MR) is 96.3 cm³/mol. The summed E-state index contributed by atoms with van der Waals surface area (Å²) in [6.45, 7) is 3.92. The molecule has 6 nitrogen and oxygen atoms in total. The maximum atomic E-state index is 12.4. The van der Waals surface area contributed by atoms with Crippen LogP contribution in [0.15, 0.2) is 36.7 Å². The average Bonchev–Trinajstić information content (AvgIpc) is 2.99. The Kier molecular flexibility index (Phi) is 4.73. The first-order valence-electron chi connectivity index (χ1n) is 7.12. The number of carbonyl (C=O) groups excluding carboxylic acids is 1. The van der Waals surface area contributed by atoms with Crippen LogP contribution in [0.5, 0.6) is 0 Å². The van der Waals surface area contributed by atoms with Gasteiger partial charge in [0.15, 0.2) is 5.13 Å². The highest BCUT2D eigenvalue weighted by Crippen LogP contribution is 2.25. The van der Waals surface area contributed by atoms with Gasteiger partial charge in [-0.1, -0.05) is 29.5 Å². The fraction of sp³-hybridized carbons (Fsp3) is 0.125. The van der Waals surface area contributed by atoms with Gasteiger partial charge in [0, 0.05) is 11.9 Å². The highest BCUT2D eigenvalue weighted by molar-refractivity contribution is 7.17. The molecule has 3 rings (SSSR count). The van der Waals surface area contributed by atoms with Crippen LogP contribution in [0, 0.1) is 13.8 Å². The molecule has 8 heteroatoms. The molecule has 0 spiro atoms. The van der Waals surface area contributed by atoms with Gasteiger partial charge in [-0.3, -0.25) is 4.79 Å². The minimum absolute atomic E-state index is 0.143. The zero-order valence-electron chi connectivity index (χ0n) is 13.0. The summed E-state index contributed by atoms with van der Waals surface area (Å²) in [5, 5.41) is 6.63. The number of benzene rings is 1. The second-order valence-electron chi connectivity index (χ2n) is 5.09. The van der Waals surface area contributed by atoms with Crippen molar-refractivity contribution >= 4 is 45.5 Å². The van der Waals surface area contributed by atoms with Crippen LogP contribution in [-0.4, -0.2) is 20.9 Å². The molecule has 2 heterocycles. The molecule has 0 unspecified atom stereocenters. The molecule has 0 fully saturated rings. The van der Waals surface area contributed by atoms with Gasteiger partial charge < -0.3 is 10.6 Å². The molecule has 0 saturated heterocycles. The molecule has 122 valence electrons. The molecule has 3 aromatic rings. The van der Waals surface area contributed by atoms with Gasteiger partial charge >= 0.3 is 0 Å². The summed E-state index contributed by atoms with van der Waals surface area (Å²) in [5.74, 6) is 0.324. The third-order valence-corrected chi connectivity index (χ3v) is 4.40. The number of hydrogen-bond donors (Lipinski definition) is 2. The van der Waals surface area contributed by atoms with E-state index in [0.29, 0.717) is 15.8 Å². The second-order valence-corrected chi connectivity index (χ2v) is 6.46. The smallest absolute Gasteiger partial charge is 0.267 e. The van der Waals surface area contributed by atoms with E-state index in [9.17, 15) is 4.79 Å². The number of halogens is 1. The van der Waals surface area contributed by atoms with E-state index in [2.05, 4.69) is 25.6 Å². The zero-order valence-corrected chi connectivity index (χ0v) is 14.6. The van der Waals surface area contributed by atoms with Gasteiger partial charge in [-0.25, -0.2) is 15.0 Å². The van der Waals surface area contributed by atoms with Crippen LogP contribution in [0.1, 0.15) is 20.8 Å². The average molecular weight is 360 g/mol. The zero-order chi connectivity index (χ0) is 17.1. The first-order valence-corrected chi connectivity index (χ1v) is 8.31. The van der Waals surface area contributed by atoms with E-state index in [4.69, 9.17) is 11.6 Å². The number of rotatable bonds is 4. The Balaban J connectivity index is 1.74. The highest BCUT2D eigenvalue weighted by Gasteiger charge is 2.13. The number of aromatic nitrogens is 3. The Morgan fingerprint density at radius 1 is 1.17 bits per heavy atom. The molecule has 1 aromatic carbocycles. The number of para-hydroxylation sites is 1. The van der Waals surface area contributed by atoms with Crippen molar-refractivity contribution in [3.63, 3.8) is 0 Å². The Hall–Kier alpha value is -2.51. The lowest BCUT2D eigenvalue weighted by molar-refractivity contribution is 0.103. The Morgan fingerprint density at radius 3 is 2.62 bits per heavy atom. The molecule has 0 atom stereocenters. The monoisotopic (exact) mass is 359 g/mol. The van der Waals surface area contributed by atoms with Crippen molar-refractivity contribution in [1.82, 2.24) is 15.0 Å². The number of aryl methyl sites for hydroxylation is 2. The lowest BCUT2D eigenvalue weighted by atomic mass is 10.1. The normalized spacial score (nSPS) is 10.5. The van der Waals surface area contributed by atoms with E-state index >= 15 is 0 Å². The molecule has 2 N–H and O–H groups in total. The van der Waals surface area contributed by atoms with Crippen LogP contribution >= 0.6 is 22.9 Å². The first kappa shape index (κ1) is 16.4. The number of thiazole rings is 1. The molecule has 2 aromatic heterocycles. The fourth-order valence-electron chi connectivity index (χ4n) is 2.14. The minimum Gasteiger partial charge on any atom is -0.321 e. The molecule has 1 amide bonds. The number of nitrogens with zero attached hydrogens (tertiary/aromatic N) is 3. The number of carbonyl (C=O) groups is 1. The number of amides is 1. The van der Waals surface area contributed by atoms with Gasteiger partial charge in [0.25, 0.3) is 5.91 Å². The highest BCUT2D eigenvalue weighted by atomic mass is 35.5. The summed E-state index contributed by atoms with van der Waals surface area (Å²) in [4.78, 5) is 24.9. The van der Waals surface area contributed by atoms with E-state index in [1.54, 1.807) is 12.3 Å². The number of nitrogens with one attached hydrogen (secondary N) is 2. The SMILES string of the molecule is Cc1cccc(C)c1NC(=O)c1cnc(Nc2ccnc(Cl)n2)s1. The van der Waals surface area contributed by atoms with E-state index < -0.39 is 0 Å². The van der Waals surface area contributed by atoms with Crippen LogP contribution in [-0.2, 0) is 0 Å². The van der Waals surface area contributed by atoms with Crippen molar-refractivity contribution in [3.8, 4) is 0 Å². The molecular formula is C16H14ClN5OS. The first-order chi connectivity index (χ1) is 11.5. The van der Waals surface area contributed by atoms with Crippen LogP contribution in [0.4, 0.5) is 16.6 Å². The molecule has 0 aliphatic carbocycles. The van der Waals surface area contributed by atoms with E-state index in [1.165, 1.54) is 17.5 Å². The van der Waals surface area contributed by atoms with E-state index in [0.717, 1.165) is 16.8 Å². The fourth-order valence-corrected chi connectivity index (χ4v) is 3.00. The lowest BCUT2D eigenvalue weighted by Gasteiger charge is -2.10. The van der Waals surface area contributed by atoms with Crippen molar-refractivity contribution < 1.29 is 4.79 Å². The Bertz CT molecular complexity index is 875. The third-order valence-electron chi connectivity index (χ3n) is 3.31. The minimum atomic E-state index is -0.196. The summed E-state index contributed by atoms with van der Waals surface area (Å²) in [7, 11) is 0. The largest absolute Gasteiger partial charge is 0.321 e. The van der Waals surface area contributed by atoms with E-state index in [-0.39, 0.29) is 11.2 Å². The molecule has 0 radical (unpaired) electrons. The Labute approximate surface area is 148 Å². The molecule has 24 heavy (non-hydrogen) atoms. The van der Waals surface area contributed by atoms with Crippen molar-refractivity contribution in [1.29, 1.82) is 0 Å². The van der Waals surface area contributed by atoms with Gasteiger partial charge in [-0.15, -0.1) is 0 Å².